The highest BCUT2D eigenvalue weighted by atomic mass is 16.4. The Morgan fingerprint density at radius 1 is 0.950 bits per heavy atom. The fraction of sp³-hybridized carbons (Fsp3) is 0.824. The zero-order valence-corrected chi connectivity index (χ0v) is 13.0. The molecule has 0 radical (unpaired) electrons. The monoisotopic (exact) mass is 284 g/mol. The molecule has 0 saturated heterocycles. The summed E-state index contributed by atoms with van der Waals surface area (Å²) in [6.45, 7) is 2.21. The summed E-state index contributed by atoms with van der Waals surface area (Å²) in [4.78, 5) is 10.3. The van der Waals surface area contributed by atoms with E-state index in [1.54, 1.807) is 0 Å². The number of hydrogen-bond donors (Lipinski definition) is 2. The van der Waals surface area contributed by atoms with Gasteiger partial charge in [0.1, 0.15) is 0 Å². The first-order valence-corrected chi connectivity index (χ1v) is 8.21. The van der Waals surface area contributed by atoms with Gasteiger partial charge in [-0.2, -0.15) is 0 Å². The maximum Gasteiger partial charge on any atom is 0.303 e. The molecule has 2 N–H and O–H groups in total. The van der Waals surface area contributed by atoms with E-state index in [4.69, 9.17) is 5.11 Å². The lowest BCUT2D eigenvalue weighted by Crippen LogP contribution is -2.05. The van der Waals surface area contributed by atoms with Gasteiger partial charge in [-0.05, 0) is 32.1 Å². The highest BCUT2D eigenvalue weighted by molar-refractivity contribution is 5.66. The van der Waals surface area contributed by atoms with E-state index in [0.717, 1.165) is 38.5 Å². The van der Waals surface area contributed by atoms with Crippen molar-refractivity contribution >= 4 is 5.97 Å². The Kier molecular flexibility index (Phi) is 14.0. The standard InChI is InChI=1S/C17H32O3/c1-2-3-4-7-10-13-16(18)14-11-8-5-6-9-12-15-17(19)20/h6,9,16,18H,2-5,7-8,10-15H2,1H3,(H,19,20)/b9-6-/t16-/m0/s1. The van der Waals surface area contributed by atoms with E-state index in [-0.39, 0.29) is 12.5 Å². The summed E-state index contributed by atoms with van der Waals surface area (Å²) in [5.74, 6) is -0.739. The maximum absolute atomic E-state index is 10.3. The molecule has 0 aliphatic carbocycles. The Morgan fingerprint density at radius 2 is 1.55 bits per heavy atom. The van der Waals surface area contributed by atoms with Crippen molar-refractivity contribution in [1.29, 1.82) is 0 Å². The van der Waals surface area contributed by atoms with E-state index in [1.807, 2.05) is 6.08 Å². The van der Waals surface area contributed by atoms with Gasteiger partial charge in [0.25, 0.3) is 0 Å². The van der Waals surface area contributed by atoms with Crippen LogP contribution in [0.5, 0.6) is 0 Å². The van der Waals surface area contributed by atoms with Crippen LogP contribution >= 0.6 is 0 Å². The van der Waals surface area contributed by atoms with Crippen molar-refractivity contribution in [2.24, 2.45) is 0 Å². The molecule has 0 saturated carbocycles. The number of carboxylic acids is 1. The molecule has 0 aliphatic heterocycles. The molecule has 0 heterocycles. The van der Waals surface area contributed by atoms with Gasteiger partial charge >= 0.3 is 5.97 Å². The minimum absolute atomic E-state index is 0.132. The Balaban J connectivity index is 3.26. The van der Waals surface area contributed by atoms with Crippen molar-refractivity contribution in [2.75, 3.05) is 0 Å². The van der Waals surface area contributed by atoms with E-state index in [0.29, 0.717) is 6.42 Å². The first-order valence-electron chi connectivity index (χ1n) is 8.21. The third kappa shape index (κ3) is 15.2. The lowest BCUT2D eigenvalue weighted by molar-refractivity contribution is -0.136. The molecule has 1 atom stereocenters. The number of allylic oxidation sites excluding steroid dienone is 2. The lowest BCUT2D eigenvalue weighted by atomic mass is 10.0. The van der Waals surface area contributed by atoms with Crippen molar-refractivity contribution in [2.45, 2.75) is 90.1 Å². The molecule has 0 aliphatic rings. The Bertz CT molecular complexity index is 249. The molecule has 0 aromatic rings. The molecule has 0 unspecified atom stereocenters. The van der Waals surface area contributed by atoms with Crippen LogP contribution in [-0.2, 0) is 4.79 Å². The van der Waals surface area contributed by atoms with Gasteiger partial charge < -0.3 is 10.2 Å². The predicted octanol–water partition coefficient (Wildman–Crippen LogP) is 4.69. The minimum Gasteiger partial charge on any atom is -0.481 e. The lowest BCUT2D eigenvalue weighted by Gasteiger charge is -2.09. The fourth-order valence-corrected chi connectivity index (χ4v) is 2.21. The summed E-state index contributed by atoms with van der Waals surface area (Å²) in [6, 6.07) is 0. The Hall–Kier alpha value is -0.830. The second kappa shape index (κ2) is 14.6. The van der Waals surface area contributed by atoms with E-state index in [2.05, 4.69) is 13.0 Å². The van der Waals surface area contributed by atoms with E-state index in [1.165, 1.54) is 25.7 Å². The van der Waals surface area contributed by atoms with E-state index < -0.39 is 5.97 Å². The molecule has 3 heteroatoms. The Labute approximate surface area is 124 Å². The number of carbonyl (C=O) groups is 1. The van der Waals surface area contributed by atoms with Crippen LogP contribution in [0.3, 0.4) is 0 Å². The second-order valence-corrected chi connectivity index (χ2v) is 5.54. The number of unbranched alkanes of at least 4 members (excludes halogenated alkanes) is 6. The fourth-order valence-electron chi connectivity index (χ4n) is 2.21. The van der Waals surface area contributed by atoms with Crippen LogP contribution in [-0.4, -0.2) is 22.3 Å². The predicted molar refractivity (Wildman–Crippen MR) is 83.9 cm³/mol. The van der Waals surface area contributed by atoms with Crippen molar-refractivity contribution in [3.63, 3.8) is 0 Å². The average molecular weight is 284 g/mol. The summed E-state index contributed by atoms with van der Waals surface area (Å²) < 4.78 is 0. The minimum atomic E-state index is -0.739. The van der Waals surface area contributed by atoms with Crippen LogP contribution in [0.25, 0.3) is 0 Å². The van der Waals surface area contributed by atoms with Crippen molar-refractivity contribution in [1.82, 2.24) is 0 Å². The summed E-state index contributed by atoms with van der Waals surface area (Å²) in [5.41, 5.74) is 0. The zero-order valence-electron chi connectivity index (χ0n) is 13.0. The molecule has 0 aromatic heterocycles. The summed E-state index contributed by atoms with van der Waals surface area (Å²) in [5, 5.41) is 18.3. The first kappa shape index (κ1) is 19.2. The smallest absolute Gasteiger partial charge is 0.303 e. The van der Waals surface area contributed by atoms with Gasteiger partial charge in [-0.25, -0.2) is 0 Å². The van der Waals surface area contributed by atoms with Crippen molar-refractivity contribution in [3.8, 4) is 0 Å². The van der Waals surface area contributed by atoms with E-state index >= 15 is 0 Å². The van der Waals surface area contributed by atoms with Crippen LogP contribution in [0.1, 0.15) is 84.0 Å². The summed E-state index contributed by atoms with van der Waals surface area (Å²) in [6.07, 6.45) is 15.9. The third-order valence-electron chi connectivity index (χ3n) is 3.49. The number of aliphatic hydroxyl groups excluding tert-OH is 1. The largest absolute Gasteiger partial charge is 0.481 e. The molecule has 3 nitrogen and oxygen atoms in total. The van der Waals surface area contributed by atoms with Gasteiger partial charge in [0.15, 0.2) is 0 Å². The quantitative estimate of drug-likeness (QED) is 0.359. The van der Waals surface area contributed by atoms with Crippen molar-refractivity contribution < 1.29 is 15.0 Å². The number of rotatable bonds is 14. The first-order chi connectivity index (χ1) is 9.66. The Morgan fingerprint density at radius 3 is 2.20 bits per heavy atom. The number of carboxylic acid groups (broad SMARTS) is 1. The average Bonchev–Trinajstić information content (AvgIpc) is 2.41. The molecular weight excluding hydrogens is 252 g/mol. The summed E-state index contributed by atoms with van der Waals surface area (Å²) >= 11 is 0. The number of hydrogen-bond acceptors (Lipinski definition) is 2. The highest BCUT2D eigenvalue weighted by Gasteiger charge is 2.03. The molecular formula is C17H32O3. The maximum atomic E-state index is 10.3. The van der Waals surface area contributed by atoms with E-state index in [9.17, 15) is 9.90 Å². The van der Waals surface area contributed by atoms with Crippen LogP contribution < -0.4 is 0 Å². The molecule has 0 bridgehead atoms. The van der Waals surface area contributed by atoms with Gasteiger partial charge in [-0.15, -0.1) is 0 Å². The van der Waals surface area contributed by atoms with Crippen LogP contribution in [0.2, 0.25) is 0 Å². The van der Waals surface area contributed by atoms with Crippen molar-refractivity contribution in [3.05, 3.63) is 12.2 Å². The van der Waals surface area contributed by atoms with Gasteiger partial charge in [-0.3, -0.25) is 4.79 Å². The van der Waals surface area contributed by atoms with Crippen LogP contribution in [0.15, 0.2) is 12.2 Å². The number of aliphatic carboxylic acids is 1. The molecule has 118 valence electrons. The normalized spacial score (nSPS) is 12.9. The van der Waals surface area contributed by atoms with Gasteiger partial charge in [0.05, 0.1) is 6.10 Å². The topological polar surface area (TPSA) is 57.5 Å². The summed E-state index contributed by atoms with van der Waals surface area (Å²) in [7, 11) is 0. The van der Waals surface area contributed by atoms with Gasteiger partial charge in [0.2, 0.25) is 0 Å². The van der Waals surface area contributed by atoms with Gasteiger partial charge in [-0.1, -0.05) is 57.6 Å². The number of aliphatic hydroxyl groups is 1. The SMILES string of the molecule is CCCCCCC[C@H](O)CCCC/C=C\CCC(=O)O. The van der Waals surface area contributed by atoms with Crippen LogP contribution in [0.4, 0.5) is 0 Å². The highest BCUT2D eigenvalue weighted by Crippen LogP contribution is 2.12. The molecule has 0 amide bonds. The molecule has 0 fully saturated rings. The second-order valence-electron chi connectivity index (χ2n) is 5.54. The molecule has 0 spiro atoms. The molecule has 20 heavy (non-hydrogen) atoms. The van der Waals surface area contributed by atoms with Crippen LogP contribution in [0, 0.1) is 0 Å². The third-order valence-corrected chi connectivity index (χ3v) is 3.49. The molecule has 0 rings (SSSR count). The van der Waals surface area contributed by atoms with Gasteiger partial charge in [0, 0.05) is 6.42 Å². The zero-order chi connectivity index (χ0) is 15.1. The molecule has 0 aromatic carbocycles.